The van der Waals surface area contributed by atoms with Gasteiger partial charge in [0.15, 0.2) is 0 Å². The first kappa shape index (κ1) is 14.4. The van der Waals surface area contributed by atoms with Crippen molar-refractivity contribution in [1.82, 2.24) is 15.1 Å². The fourth-order valence-corrected chi connectivity index (χ4v) is 2.16. The maximum atomic E-state index is 12.1. The Balaban J connectivity index is 2.17. The molecule has 0 bridgehead atoms. The lowest BCUT2D eigenvalue weighted by Gasteiger charge is -2.14. The zero-order valence-electron chi connectivity index (χ0n) is 11.5. The number of carbonyl (C=O) groups excluding carboxylic acids is 1. The number of carbonyl (C=O) groups is 1. The number of hydrogen-bond donors (Lipinski definition) is 2. The lowest BCUT2D eigenvalue weighted by Crippen LogP contribution is -2.27. The molecule has 106 valence electrons. The molecule has 6 heteroatoms. The number of phenolic OH excluding ortho intramolecular Hbond substituents is 1. The minimum absolute atomic E-state index is 0.134. The number of aryl methyl sites for hydroxylation is 1. The number of benzene rings is 1. The van der Waals surface area contributed by atoms with E-state index in [0.717, 1.165) is 11.3 Å². The van der Waals surface area contributed by atoms with Crippen LogP contribution in [-0.4, -0.2) is 20.8 Å². The van der Waals surface area contributed by atoms with Gasteiger partial charge in [-0.3, -0.25) is 9.48 Å². The van der Waals surface area contributed by atoms with E-state index in [1.54, 1.807) is 16.9 Å². The molecular weight excluding hydrogens is 278 g/mol. The van der Waals surface area contributed by atoms with E-state index in [1.807, 2.05) is 20.9 Å². The van der Waals surface area contributed by atoms with Crippen LogP contribution in [0, 0.1) is 6.92 Å². The van der Waals surface area contributed by atoms with Crippen LogP contribution < -0.4 is 5.32 Å². The molecule has 1 aromatic heterocycles. The third kappa shape index (κ3) is 2.77. The summed E-state index contributed by atoms with van der Waals surface area (Å²) in [7, 11) is 1.85. The molecular formula is C14H16ClN3O2. The first-order valence-electron chi connectivity index (χ1n) is 6.18. The molecule has 1 atom stereocenters. The Morgan fingerprint density at radius 1 is 1.50 bits per heavy atom. The van der Waals surface area contributed by atoms with E-state index in [1.165, 1.54) is 12.1 Å². The first-order valence-corrected chi connectivity index (χ1v) is 6.56. The van der Waals surface area contributed by atoms with Gasteiger partial charge in [-0.1, -0.05) is 11.6 Å². The van der Waals surface area contributed by atoms with Crippen molar-refractivity contribution in [3.8, 4) is 5.75 Å². The van der Waals surface area contributed by atoms with Crippen LogP contribution in [0.2, 0.25) is 5.02 Å². The summed E-state index contributed by atoms with van der Waals surface area (Å²) in [5.74, 6) is -0.486. The van der Waals surface area contributed by atoms with Crippen molar-refractivity contribution in [2.24, 2.45) is 7.05 Å². The minimum Gasteiger partial charge on any atom is -0.507 e. The summed E-state index contributed by atoms with van der Waals surface area (Å²) in [5.41, 5.74) is 2.12. The van der Waals surface area contributed by atoms with E-state index >= 15 is 0 Å². The van der Waals surface area contributed by atoms with Gasteiger partial charge in [0.2, 0.25) is 0 Å². The third-order valence-electron chi connectivity index (χ3n) is 3.29. The summed E-state index contributed by atoms with van der Waals surface area (Å²) < 4.78 is 1.75. The Morgan fingerprint density at radius 3 is 2.75 bits per heavy atom. The van der Waals surface area contributed by atoms with Crippen LogP contribution >= 0.6 is 11.6 Å². The monoisotopic (exact) mass is 293 g/mol. The van der Waals surface area contributed by atoms with Crippen LogP contribution in [-0.2, 0) is 7.05 Å². The van der Waals surface area contributed by atoms with Gasteiger partial charge < -0.3 is 10.4 Å². The van der Waals surface area contributed by atoms with E-state index in [2.05, 4.69) is 10.4 Å². The number of aromatic nitrogens is 2. The Bertz CT molecular complexity index is 652. The van der Waals surface area contributed by atoms with Gasteiger partial charge in [-0.05, 0) is 32.0 Å². The van der Waals surface area contributed by atoms with E-state index in [0.29, 0.717) is 5.02 Å². The molecule has 5 nitrogen and oxygen atoms in total. The normalized spacial score (nSPS) is 12.2. The van der Waals surface area contributed by atoms with Crippen LogP contribution in [0.1, 0.15) is 34.6 Å². The van der Waals surface area contributed by atoms with Gasteiger partial charge in [-0.15, -0.1) is 0 Å². The molecule has 2 aromatic rings. The van der Waals surface area contributed by atoms with Crippen molar-refractivity contribution in [1.29, 1.82) is 0 Å². The molecule has 0 fully saturated rings. The van der Waals surface area contributed by atoms with Crippen molar-refractivity contribution in [2.45, 2.75) is 19.9 Å². The Kier molecular flexibility index (Phi) is 3.99. The molecule has 0 aliphatic heterocycles. The fraction of sp³-hybridized carbons (Fsp3) is 0.286. The highest BCUT2D eigenvalue weighted by Gasteiger charge is 2.17. The number of rotatable bonds is 3. The molecule has 0 aliphatic rings. The second kappa shape index (κ2) is 5.54. The second-order valence-electron chi connectivity index (χ2n) is 4.67. The Hall–Kier alpha value is -2.01. The van der Waals surface area contributed by atoms with Crippen LogP contribution in [0.15, 0.2) is 24.4 Å². The summed E-state index contributed by atoms with van der Waals surface area (Å²) in [6, 6.07) is 4.20. The number of hydrogen-bond acceptors (Lipinski definition) is 3. The number of amides is 1. The van der Waals surface area contributed by atoms with Gasteiger partial charge in [0.05, 0.1) is 17.8 Å². The average Bonchev–Trinajstić information content (AvgIpc) is 2.69. The van der Waals surface area contributed by atoms with Crippen molar-refractivity contribution in [3.05, 3.63) is 46.2 Å². The van der Waals surface area contributed by atoms with Crippen LogP contribution in [0.25, 0.3) is 0 Å². The number of aromatic hydroxyl groups is 1. The van der Waals surface area contributed by atoms with Crippen molar-refractivity contribution in [2.75, 3.05) is 0 Å². The lowest BCUT2D eigenvalue weighted by molar-refractivity contribution is 0.0937. The Labute approximate surface area is 122 Å². The summed E-state index contributed by atoms with van der Waals surface area (Å²) in [5, 5.41) is 17.1. The molecule has 0 saturated carbocycles. The number of phenols is 1. The van der Waals surface area contributed by atoms with Gasteiger partial charge in [-0.2, -0.15) is 5.10 Å². The third-order valence-corrected chi connectivity index (χ3v) is 3.53. The highest BCUT2D eigenvalue weighted by atomic mass is 35.5. The first-order chi connectivity index (χ1) is 9.40. The van der Waals surface area contributed by atoms with E-state index in [9.17, 15) is 9.90 Å². The quantitative estimate of drug-likeness (QED) is 0.914. The molecule has 2 N–H and O–H groups in total. The van der Waals surface area contributed by atoms with Crippen LogP contribution in [0.5, 0.6) is 5.75 Å². The summed E-state index contributed by atoms with van der Waals surface area (Å²) >= 11 is 5.74. The molecule has 1 heterocycles. The fourth-order valence-electron chi connectivity index (χ4n) is 1.99. The van der Waals surface area contributed by atoms with Crippen LogP contribution in [0.4, 0.5) is 0 Å². The summed E-state index contributed by atoms with van der Waals surface area (Å²) in [6.07, 6.45) is 1.72. The van der Waals surface area contributed by atoms with Gasteiger partial charge in [0.25, 0.3) is 5.91 Å². The number of nitrogens with one attached hydrogen (secondary N) is 1. The van der Waals surface area contributed by atoms with Crippen molar-refractivity contribution < 1.29 is 9.90 Å². The van der Waals surface area contributed by atoms with E-state index in [4.69, 9.17) is 11.6 Å². The highest BCUT2D eigenvalue weighted by Crippen LogP contribution is 2.23. The molecule has 0 saturated heterocycles. The minimum atomic E-state index is -0.352. The Morgan fingerprint density at radius 2 is 2.20 bits per heavy atom. The van der Waals surface area contributed by atoms with Gasteiger partial charge in [-0.25, -0.2) is 0 Å². The largest absolute Gasteiger partial charge is 0.507 e. The average molecular weight is 294 g/mol. The standard InChI is InChI=1S/C14H16ClN3O2/c1-8(12-7-16-18(3)9(12)2)17-14(20)11-5-4-10(15)6-13(11)19/h4-8,19H,1-3H3,(H,17,20)/t8-/m0/s1. The van der Waals surface area contributed by atoms with Gasteiger partial charge >= 0.3 is 0 Å². The molecule has 20 heavy (non-hydrogen) atoms. The molecule has 0 radical (unpaired) electrons. The van der Waals surface area contributed by atoms with Gasteiger partial charge in [0.1, 0.15) is 5.75 Å². The maximum Gasteiger partial charge on any atom is 0.255 e. The van der Waals surface area contributed by atoms with Crippen LogP contribution in [0.3, 0.4) is 0 Å². The maximum absolute atomic E-state index is 12.1. The lowest BCUT2D eigenvalue weighted by atomic mass is 10.1. The van der Waals surface area contributed by atoms with E-state index in [-0.39, 0.29) is 23.3 Å². The zero-order valence-corrected chi connectivity index (χ0v) is 12.3. The SMILES string of the molecule is Cc1c([C@H](C)NC(=O)c2ccc(Cl)cc2O)cnn1C. The predicted molar refractivity (Wildman–Crippen MR) is 76.9 cm³/mol. The summed E-state index contributed by atoms with van der Waals surface area (Å²) in [6.45, 7) is 3.81. The molecule has 0 unspecified atom stereocenters. The molecule has 0 aliphatic carbocycles. The van der Waals surface area contributed by atoms with Gasteiger partial charge in [0, 0.05) is 23.3 Å². The van der Waals surface area contributed by atoms with Crippen molar-refractivity contribution >= 4 is 17.5 Å². The second-order valence-corrected chi connectivity index (χ2v) is 5.10. The van der Waals surface area contributed by atoms with E-state index < -0.39 is 0 Å². The smallest absolute Gasteiger partial charge is 0.255 e. The topological polar surface area (TPSA) is 67.2 Å². The number of nitrogens with zero attached hydrogens (tertiary/aromatic N) is 2. The highest BCUT2D eigenvalue weighted by molar-refractivity contribution is 6.30. The molecule has 2 rings (SSSR count). The molecule has 1 aromatic carbocycles. The molecule has 0 spiro atoms. The molecule has 1 amide bonds. The summed E-state index contributed by atoms with van der Waals surface area (Å²) in [4.78, 5) is 12.1. The predicted octanol–water partition coefficient (Wildman–Crippen LogP) is 2.58. The number of halogens is 1. The van der Waals surface area contributed by atoms with Crippen molar-refractivity contribution in [3.63, 3.8) is 0 Å². The zero-order chi connectivity index (χ0) is 14.9.